The van der Waals surface area contributed by atoms with E-state index >= 15 is 0 Å². The van der Waals surface area contributed by atoms with Gasteiger partial charge in [0.2, 0.25) is 0 Å². The molecular formula is C14H18OS. The molecule has 0 aliphatic carbocycles. The Morgan fingerprint density at radius 1 is 1.25 bits per heavy atom. The third-order valence-corrected chi connectivity index (χ3v) is 3.29. The summed E-state index contributed by atoms with van der Waals surface area (Å²) in [5.74, 6) is 6.26. The van der Waals surface area contributed by atoms with Crippen LogP contribution >= 0.6 is 11.3 Å². The van der Waals surface area contributed by atoms with E-state index in [1.807, 2.05) is 12.1 Å². The Morgan fingerprint density at radius 3 is 2.75 bits per heavy atom. The fraction of sp³-hybridized carbons (Fsp3) is 0.500. The molecule has 0 unspecified atom stereocenters. The highest BCUT2D eigenvalue weighted by molar-refractivity contribution is 7.14. The molecule has 1 heterocycles. The zero-order chi connectivity index (χ0) is 11.6. The molecule has 0 saturated heterocycles. The van der Waals surface area contributed by atoms with Crippen LogP contribution in [-0.2, 0) is 0 Å². The molecule has 0 amide bonds. The first-order valence-corrected chi connectivity index (χ1v) is 6.72. The van der Waals surface area contributed by atoms with Crippen molar-refractivity contribution in [1.82, 2.24) is 0 Å². The van der Waals surface area contributed by atoms with Crippen molar-refractivity contribution in [3.05, 3.63) is 21.9 Å². The molecule has 1 aromatic rings. The van der Waals surface area contributed by atoms with Gasteiger partial charge in [-0.15, -0.1) is 11.3 Å². The lowest BCUT2D eigenvalue weighted by Gasteiger charge is -1.94. The number of thiophene rings is 1. The average Bonchev–Trinajstić information content (AvgIpc) is 2.76. The second-order valence-corrected chi connectivity index (χ2v) is 4.90. The van der Waals surface area contributed by atoms with Gasteiger partial charge in [0.15, 0.2) is 6.29 Å². The van der Waals surface area contributed by atoms with Gasteiger partial charge in [0.1, 0.15) is 0 Å². The van der Waals surface area contributed by atoms with Gasteiger partial charge < -0.3 is 0 Å². The molecule has 0 fully saturated rings. The zero-order valence-electron chi connectivity index (χ0n) is 9.79. The van der Waals surface area contributed by atoms with Crippen molar-refractivity contribution >= 4 is 17.6 Å². The number of carbonyl (C=O) groups excluding carboxylic acids is 1. The van der Waals surface area contributed by atoms with Gasteiger partial charge in [0.25, 0.3) is 0 Å². The number of unbranched alkanes of at least 4 members (excludes halogenated alkanes) is 5. The van der Waals surface area contributed by atoms with Crippen LogP contribution < -0.4 is 0 Å². The lowest BCUT2D eigenvalue weighted by Crippen LogP contribution is -1.76. The Hall–Kier alpha value is -1.07. The smallest absolute Gasteiger partial charge is 0.160 e. The van der Waals surface area contributed by atoms with Gasteiger partial charge in [0, 0.05) is 6.42 Å². The highest BCUT2D eigenvalue weighted by atomic mass is 32.1. The summed E-state index contributed by atoms with van der Waals surface area (Å²) in [4.78, 5) is 12.2. The van der Waals surface area contributed by atoms with Crippen molar-refractivity contribution in [3.8, 4) is 11.8 Å². The molecule has 16 heavy (non-hydrogen) atoms. The maximum atomic E-state index is 10.5. The fourth-order valence-electron chi connectivity index (χ4n) is 1.45. The predicted octanol–water partition coefficient (Wildman–Crippen LogP) is 4.27. The normalized spacial score (nSPS) is 9.56. The van der Waals surface area contributed by atoms with Crippen molar-refractivity contribution < 1.29 is 4.79 Å². The molecule has 1 nitrogen and oxygen atoms in total. The van der Waals surface area contributed by atoms with Gasteiger partial charge in [-0.1, -0.05) is 44.4 Å². The van der Waals surface area contributed by atoms with Crippen LogP contribution in [0.2, 0.25) is 0 Å². The second kappa shape index (κ2) is 8.13. The molecular weight excluding hydrogens is 216 g/mol. The molecule has 86 valence electrons. The van der Waals surface area contributed by atoms with E-state index in [1.165, 1.54) is 43.4 Å². The van der Waals surface area contributed by atoms with Crippen molar-refractivity contribution in [1.29, 1.82) is 0 Å². The van der Waals surface area contributed by atoms with Gasteiger partial charge in [-0.25, -0.2) is 0 Å². The molecule has 0 atom stereocenters. The van der Waals surface area contributed by atoms with E-state index in [0.717, 1.165) is 22.5 Å². The Morgan fingerprint density at radius 2 is 2.06 bits per heavy atom. The molecule has 0 aliphatic heterocycles. The van der Waals surface area contributed by atoms with Crippen LogP contribution in [0.4, 0.5) is 0 Å². The quantitative estimate of drug-likeness (QED) is 0.408. The van der Waals surface area contributed by atoms with E-state index in [1.54, 1.807) is 0 Å². The average molecular weight is 234 g/mol. The van der Waals surface area contributed by atoms with Gasteiger partial charge in [-0.3, -0.25) is 4.79 Å². The van der Waals surface area contributed by atoms with Crippen LogP contribution in [0.3, 0.4) is 0 Å². The number of hydrogen-bond acceptors (Lipinski definition) is 2. The summed E-state index contributed by atoms with van der Waals surface area (Å²) in [5, 5.41) is 0. The molecule has 2 heteroatoms. The molecule has 1 rings (SSSR count). The minimum atomic E-state index is 0.757. The third-order valence-electron chi connectivity index (χ3n) is 2.36. The number of aldehydes is 1. The minimum Gasteiger partial charge on any atom is -0.297 e. The number of carbonyl (C=O) groups is 1. The third kappa shape index (κ3) is 5.14. The van der Waals surface area contributed by atoms with E-state index in [9.17, 15) is 4.79 Å². The molecule has 0 saturated carbocycles. The molecule has 0 radical (unpaired) electrons. The zero-order valence-corrected chi connectivity index (χ0v) is 10.6. The van der Waals surface area contributed by atoms with Crippen LogP contribution in [0, 0.1) is 11.8 Å². The molecule has 1 aromatic heterocycles. The van der Waals surface area contributed by atoms with Gasteiger partial charge in [0.05, 0.1) is 9.75 Å². The molecule has 0 aliphatic rings. The van der Waals surface area contributed by atoms with Crippen LogP contribution in [0.5, 0.6) is 0 Å². The summed E-state index contributed by atoms with van der Waals surface area (Å²) in [6, 6.07) is 3.74. The first-order valence-electron chi connectivity index (χ1n) is 5.90. The maximum absolute atomic E-state index is 10.5. The Labute approximate surface area is 102 Å². The minimum absolute atomic E-state index is 0.757. The van der Waals surface area contributed by atoms with E-state index in [0.29, 0.717) is 0 Å². The summed E-state index contributed by atoms with van der Waals surface area (Å²) < 4.78 is 0. The second-order valence-electron chi connectivity index (χ2n) is 3.79. The number of hydrogen-bond donors (Lipinski definition) is 0. The van der Waals surface area contributed by atoms with E-state index in [4.69, 9.17) is 0 Å². The highest BCUT2D eigenvalue weighted by Gasteiger charge is 1.94. The van der Waals surface area contributed by atoms with E-state index in [2.05, 4.69) is 18.8 Å². The van der Waals surface area contributed by atoms with Gasteiger partial charge in [-0.05, 0) is 18.6 Å². The topological polar surface area (TPSA) is 17.1 Å². The highest BCUT2D eigenvalue weighted by Crippen LogP contribution is 2.13. The predicted molar refractivity (Wildman–Crippen MR) is 70.0 cm³/mol. The van der Waals surface area contributed by atoms with Crippen LogP contribution in [-0.4, -0.2) is 6.29 Å². The SMILES string of the molecule is CCCCCCCC#Cc1ccc(C=O)s1. The lowest BCUT2D eigenvalue weighted by atomic mass is 10.1. The monoisotopic (exact) mass is 234 g/mol. The maximum Gasteiger partial charge on any atom is 0.160 e. The first-order chi connectivity index (χ1) is 7.86. The summed E-state index contributed by atoms with van der Waals surface area (Å²) in [5.41, 5.74) is 0. The molecule has 0 spiro atoms. The Balaban J connectivity index is 2.19. The van der Waals surface area contributed by atoms with Crippen molar-refractivity contribution in [2.24, 2.45) is 0 Å². The van der Waals surface area contributed by atoms with E-state index in [-0.39, 0.29) is 0 Å². The summed E-state index contributed by atoms with van der Waals surface area (Å²) in [6.07, 6.45) is 8.27. The fourth-order valence-corrected chi connectivity index (χ4v) is 2.15. The largest absolute Gasteiger partial charge is 0.297 e. The van der Waals surface area contributed by atoms with Gasteiger partial charge in [-0.2, -0.15) is 0 Å². The van der Waals surface area contributed by atoms with Crippen molar-refractivity contribution in [2.75, 3.05) is 0 Å². The van der Waals surface area contributed by atoms with Crippen LogP contribution in [0.1, 0.15) is 60.0 Å². The summed E-state index contributed by atoms with van der Waals surface area (Å²) in [7, 11) is 0. The van der Waals surface area contributed by atoms with Crippen molar-refractivity contribution in [2.45, 2.75) is 45.4 Å². The van der Waals surface area contributed by atoms with Gasteiger partial charge >= 0.3 is 0 Å². The summed E-state index contributed by atoms with van der Waals surface area (Å²) in [6.45, 7) is 2.22. The molecule has 0 bridgehead atoms. The Bertz CT molecular complexity index is 368. The summed E-state index contributed by atoms with van der Waals surface area (Å²) >= 11 is 1.46. The molecule has 0 N–H and O–H groups in total. The van der Waals surface area contributed by atoms with E-state index < -0.39 is 0 Å². The number of rotatable bonds is 6. The molecule has 0 aromatic carbocycles. The lowest BCUT2D eigenvalue weighted by molar-refractivity contribution is 0.112. The van der Waals surface area contributed by atoms with Crippen molar-refractivity contribution in [3.63, 3.8) is 0 Å². The van der Waals surface area contributed by atoms with Crippen LogP contribution in [0.15, 0.2) is 12.1 Å². The Kier molecular flexibility index (Phi) is 6.60. The standard InChI is InChI=1S/C14H18OS/c1-2-3-4-5-6-7-8-9-13-10-11-14(12-15)16-13/h10-12H,2-7H2,1H3. The first kappa shape index (κ1) is 13.0. The van der Waals surface area contributed by atoms with Crippen LogP contribution in [0.25, 0.3) is 0 Å².